The second-order valence-corrected chi connectivity index (χ2v) is 8.11. The quantitative estimate of drug-likeness (QED) is 0.471. The summed E-state index contributed by atoms with van der Waals surface area (Å²) in [5.41, 5.74) is 1.49. The predicted octanol–water partition coefficient (Wildman–Crippen LogP) is 3.18. The Hall–Kier alpha value is -3.65. The lowest BCUT2D eigenvalue weighted by atomic mass is 10.1. The van der Waals surface area contributed by atoms with Crippen LogP contribution in [-0.4, -0.2) is 38.4 Å². The first-order valence-corrected chi connectivity index (χ1v) is 11.3. The molecule has 3 heterocycles. The summed E-state index contributed by atoms with van der Waals surface area (Å²) in [6, 6.07) is 17.3. The zero-order chi connectivity index (χ0) is 22.8. The van der Waals surface area contributed by atoms with E-state index in [2.05, 4.69) is 4.98 Å². The number of ether oxygens (including phenoxy) is 2. The predicted molar refractivity (Wildman–Crippen MR) is 126 cm³/mol. The van der Waals surface area contributed by atoms with Gasteiger partial charge in [-0.25, -0.2) is 9.78 Å². The Balaban J connectivity index is 1.75. The van der Waals surface area contributed by atoms with Crippen LogP contribution in [0.5, 0.6) is 5.75 Å². The highest BCUT2D eigenvalue weighted by Gasteiger charge is 2.25. The number of nitrogens with one attached hydrogen (secondary N) is 1. The van der Waals surface area contributed by atoms with Gasteiger partial charge in [0.05, 0.1) is 31.4 Å². The molecule has 0 radical (unpaired) electrons. The zero-order valence-electron chi connectivity index (χ0n) is 18.5. The summed E-state index contributed by atoms with van der Waals surface area (Å²) >= 11 is 0. The number of nitrogens with zero attached hydrogens (tertiary/aromatic N) is 3. The molecule has 0 spiro atoms. The standard InChI is InChI=1S/C25H26N4O4/c1-2-32-20-13-7-6-12-19(20)22-26-23-21(28(22)16-18-11-8-14-33-18)24(30)27-25(31)29(23)15-17-9-4-3-5-10-17/h3-7,9-10,12-13,18H,2,8,11,14-16H2,1H3,(H,27,30,31)/t18-/m0/s1. The number of rotatable bonds is 7. The molecule has 1 fully saturated rings. The Kier molecular flexibility index (Phi) is 5.83. The van der Waals surface area contributed by atoms with Crippen LogP contribution in [0.25, 0.3) is 22.6 Å². The van der Waals surface area contributed by atoms with Crippen LogP contribution in [0, 0.1) is 0 Å². The molecule has 8 heteroatoms. The molecule has 2 aromatic heterocycles. The molecule has 1 aliphatic rings. The van der Waals surface area contributed by atoms with E-state index in [1.54, 1.807) is 0 Å². The van der Waals surface area contributed by atoms with Crippen molar-refractivity contribution in [3.63, 3.8) is 0 Å². The third-order valence-electron chi connectivity index (χ3n) is 5.91. The Morgan fingerprint density at radius 2 is 1.88 bits per heavy atom. The summed E-state index contributed by atoms with van der Waals surface area (Å²) in [5, 5.41) is 0. The second-order valence-electron chi connectivity index (χ2n) is 8.11. The maximum Gasteiger partial charge on any atom is 0.330 e. The fraction of sp³-hybridized carbons (Fsp3) is 0.320. The van der Waals surface area contributed by atoms with Crippen LogP contribution in [0.1, 0.15) is 25.3 Å². The minimum absolute atomic E-state index is 0.0192. The Bertz CT molecular complexity index is 1380. The largest absolute Gasteiger partial charge is 0.493 e. The first-order valence-electron chi connectivity index (χ1n) is 11.3. The van der Waals surface area contributed by atoms with Crippen LogP contribution in [0.15, 0.2) is 64.2 Å². The van der Waals surface area contributed by atoms with Crippen molar-refractivity contribution in [1.82, 2.24) is 19.1 Å². The van der Waals surface area contributed by atoms with Gasteiger partial charge in [0.1, 0.15) is 11.6 Å². The Morgan fingerprint density at radius 1 is 1.09 bits per heavy atom. The summed E-state index contributed by atoms with van der Waals surface area (Å²) < 4.78 is 15.1. The number of hydrogen-bond donors (Lipinski definition) is 1. The van der Waals surface area contributed by atoms with Gasteiger partial charge < -0.3 is 14.0 Å². The van der Waals surface area contributed by atoms with Crippen molar-refractivity contribution in [2.75, 3.05) is 13.2 Å². The van der Waals surface area contributed by atoms with Crippen LogP contribution >= 0.6 is 0 Å². The van der Waals surface area contributed by atoms with Crippen LogP contribution in [-0.2, 0) is 17.8 Å². The fourth-order valence-corrected chi connectivity index (χ4v) is 4.39. The van der Waals surface area contributed by atoms with Crippen LogP contribution < -0.4 is 16.0 Å². The molecule has 170 valence electrons. The number of H-pyrrole nitrogens is 1. The molecule has 2 aromatic carbocycles. The maximum absolute atomic E-state index is 13.1. The molecule has 1 aliphatic heterocycles. The molecule has 0 aliphatic carbocycles. The van der Waals surface area contributed by atoms with Crippen LogP contribution in [0.2, 0.25) is 0 Å². The van der Waals surface area contributed by atoms with E-state index in [0.29, 0.717) is 49.0 Å². The molecule has 1 N–H and O–H groups in total. The van der Waals surface area contributed by atoms with E-state index < -0.39 is 11.2 Å². The van der Waals surface area contributed by atoms with Gasteiger partial charge in [-0.1, -0.05) is 42.5 Å². The number of hydrogen-bond acceptors (Lipinski definition) is 5. The van der Waals surface area contributed by atoms with Crippen molar-refractivity contribution >= 4 is 11.2 Å². The van der Waals surface area contributed by atoms with Crippen molar-refractivity contribution in [3.05, 3.63) is 81.0 Å². The SMILES string of the molecule is CCOc1ccccc1-c1nc2c(c(=O)[nH]c(=O)n2Cc2ccccc2)n1C[C@@H]1CCCO1. The monoisotopic (exact) mass is 446 g/mol. The molecule has 0 unspecified atom stereocenters. The lowest BCUT2D eigenvalue weighted by Gasteiger charge is -2.15. The average molecular weight is 447 g/mol. The van der Waals surface area contributed by atoms with Gasteiger partial charge in [0.2, 0.25) is 0 Å². The van der Waals surface area contributed by atoms with Gasteiger partial charge in [0.15, 0.2) is 11.2 Å². The molecule has 8 nitrogen and oxygen atoms in total. The van der Waals surface area contributed by atoms with Crippen LogP contribution in [0.3, 0.4) is 0 Å². The van der Waals surface area contributed by atoms with E-state index in [4.69, 9.17) is 14.5 Å². The number of aromatic nitrogens is 4. The minimum atomic E-state index is -0.484. The lowest BCUT2D eigenvalue weighted by molar-refractivity contribution is 0.0982. The third kappa shape index (κ3) is 4.09. The highest BCUT2D eigenvalue weighted by molar-refractivity contribution is 5.79. The smallest absolute Gasteiger partial charge is 0.330 e. The van der Waals surface area contributed by atoms with Gasteiger partial charge >= 0.3 is 5.69 Å². The van der Waals surface area contributed by atoms with Crippen molar-refractivity contribution in [2.24, 2.45) is 0 Å². The molecule has 1 saturated heterocycles. The Labute approximate surface area is 190 Å². The van der Waals surface area contributed by atoms with Gasteiger partial charge in [-0.05, 0) is 37.5 Å². The van der Waals surface area contributed by atoms with Gasteiger partial charge in [-0.15, -0.1) is 0 Å². The number of aromatic amines is 1. The van der Waals surface area contributed by atoms with Gasteiger partial charge in [-0.3, -0.25) is 14.3 Å². The number of imidazole rings is 1. The second kappa shape index (κ2) is 9.07. The highest BCUT2D eigenvalue weighted by Crippen LogP contribution is 2.32. The molecular formula is C25H26N4O4. The molecule has 1 atom stereocenters. The van der Waals surface area contributed by atoms with Gasteiger partial charge in [0, 0.05) is 6.61 Å². The summed E-state index contributed by atoms with van der Waals surface area (Å²) in [6.07, 6.45) is 1.87. The highest BCUT2D eigenvalue weighted by atomic mass is 16.5. The van der Waals surface area contributed by atoms with E-state index >= 15 is 0 Å². The van der Waals surface area contributed by atoms with Crippen molar-refractivity contribution < 1.29 is 9.47 Å². The normalized spacial score (nSPS) is 15.8. The first kappa shape index (κ1) is 21.2. The molecule has 5 rings (SSSR count). The van der Waals surface area contributed by atoms with E-state index in [9.17, 15) is 9.59 Å². The van der Waals surface area contributed by atoms with E-state index in [-0.39, 0.29) is 6.10 Å². The molecule has 33 heavy (non-hydrogen) atoms. The third-order valence-corrected chi connectivity index (χ3v) is 5.91. The first-order chi connectivity index (χ1) is 16.2. The molecular weight excluding hydrogens is 420 g/mol. The van der Waals surface area contributed by atoms with Gasteiger partial charge in [-0.2, -0.15) is 0 Å². The van der Waals surface area contributed by atoms with E-state index in [0.717, 1.165) is 24.0 Å². The maximum atomic E-state index is 13.1. The fourth-order valence-electron chi connectivity index (χ4n) is 4.39. The summed E-state index contributed by atoms with van der Waals surface area (Å²) in [6.45, 7) is 3.91. The summed E-state index contributed by atoms with van der Waals surface area (Å²) in [4.78, 5) is 33.2. The minimum Gasteiger partial charge on any atom is -0.493 e. The zero-order valence-corrected chi connectivity index (χ0v) is 18.5. The molecule has 0 amide bonds. The molecule has 4 aromatic rings. The number of benzene rings is 2. The molecule has 0 saturated carbocycles. The Morgan fingerprint density at radius 3 is 2.64 bits per heavy atom. The molecule has 0 bridgehead atoms. The van der Waals surface area contributed by atoms with Crippen molar-refractivity contribution in [3.8, 4) is 17.1 Å². The van der Waals surface area contributed by atoms with E-state index in [1.807, 2.05) is 66.1 Å². The van der Waals surface area contributed by atoms with Crippen molar-refractivity contribution in [2.45, 2.75) is 39.0 Å². The van der Waals surface area contributed by atoms with E-state index in [1.165, 1.54) is 4.57 Å². The number of para-hydroxylation sites is 1. The van der Waals surface area contributed by atoms with Gasteiger partial charge in [0.25, 0.3) is 5.56 Å². The summed E-state index contributed by atoms with van der Waals surface area (Å²) in [5.74, 6) is 1.26. The topological polar surface area (TPSA) is 91.1 Å². The van der Waals surface area contributed by atoms with Crippen molar-refractivity contribution in [1.29, 1.82) is 0 Å². The summed E-state index contributed by atoms with van der Waals surface area (Å²) in [7, 11) is 0. The lowest BCUT2D eigenvalue weighted by Crippen LogP contribution is -2.32. The average Bonchev–Trinajstić information content (AvgIpc) is 3.47. The van der Waals surface area contributed by atoms with Crippen LogP contribution in [0.4, 0.5) is 0 Å². The number of fused-ring (bicyclic) bond motifs is 1.